The summed E-state index contributed by atoms with van der Waals surface area (Å²) < 4.78 is 11.2. The van der Waals surface area contributed by atoms with Crippen LogP contribution in [0, 0.1) is 0 Å². The number of nitrogens with zero attached hydrogens (tertiary/aromatic N) is 1. The van der Waals surface area contributed by atoms with Gasteiger partial charge in [0.05, 0.1) is 13.7 Å². The fourth-order valence-corrected chi connectivity index (χ4v) is 4.08. The van der Waals surface area contributed by atoms with Crippen molar-refractivity contribution in [1.82, 2.24) is 10.2 Å². The molecule has 1 heterocycles. The molecule has 0 bridgehead atoms. The zero-order chi connectivity index (χ0) is 21.7. The second kappa shape index (κ2) is 9.61. The lowest BCUT2D eigenvalue weighted by molar-refractivity contribution is -0.132. The van der Waals surface area contributed by atoms with E-state index in [2.05, 4.69) is 11.9 Å². The van der Waals surface area contributed by atoms with Gasteiger partial charge in [0, 0.05) is 11.6 Å². The summed E-state index contributed by atoms with van der Waals surface area (Å²) in [6.45, 7) is 6.07. The first-order valence-corrected chi connectivity index (χ1v) is 10.3. The van der Waals surface area contributed by atoms with Crippen LogP contribution in [-0.4, -0.2) is 42.5 Å². The van der Waals surface area contributed by atoms with Crippen molar-refractivity contribution in [3.05, 3.63) is 41.5 Å². The lowest BCUT2D eigenvalue weighted by Gasteiger charge is -2.35. The number of benzene rings is 1. The van der Waals surface area contributed by atoms with Crippen LogP contribution in [0.4, 0.5) is 4.79 Å². The predicted octanol–water partition coefficient (Wildman–Crippen LogP) is 3.62. The van der Waals surface area contributed by atoms with E-state index in [9.17, 15) is 14.4 Å². The van der Waals surface area contributed by atoms with E-state index in [0.717, 1.165) is 37.7 Å². The van der Waals surface area contributed by atoms with Gasteiger partial charge in [-0.2, -0.15) is 0 Å². The highest BCUT2D eigenvalue weighted by atomic mass is 16.5. The molecular formula is C23H28N2O5. The first kappa shape index (κ1) is 21.6. The SMILES string of the molecule is C=CCc1cc(/C=C2/C(=O)NC(=O)N(C3CCCCC3)C2=O)cc(OCC)c1OC. The Kier molecular flexibility index (Phi) is 6.92. The summed E-state index contributed by atoms with van der Waals surface area (Å²) in [6, 6.07) is 2.75. The summed E-state index contributed by atoms with van der Waals surface area (Å²) in [5.41, 5.74) is 1.39. The molecule has 0 spiro atoms. The monoisotopic (exact) mass is 412 g/mol. The molecule has 0 atom stereocenters. The van der Waals surface area contributed by atoms with E-state index < -0.39 is 17.8 Å². The molecule has 2 aliphatic rings. The lowest BCUT2D eigenvalue weighted by Crippen LogP contribution is -2.58. The summed E-state index contributed by atoms with van der Waals surface area (Å²) >= 11 is 0. The van der Waals surface area contributed by atoms with Gasteiger partial charge in [0.2, 0.25) is 0 Å². The number of amides is 4. The van der Waals surface area contributed by atoms with Crippen molar-refractivity contribution < 1.29 is 23.9 Å². The Morgan fingerprint density at radius 2 is 1.93 bits per heavy atom. The highest BCUT2D eigenvalue weighted by Gasteiger charge is 2.40. The van der Waals surface area contributed by atoms with Crippen LogP contribution in [0.3, 0.4) is 0 Å². The van der Waals surface area contributed by atoms with Gasteiger partial charge in [-0.15, -0.1) is 6.58 Å². The quantitative estimate of drug-likeness (QED) is 0.420. The molecule has 1 N–H and O–H groups in total. The number of ether oxygens (including phenoxy) is 2. The summed E-state index contributed by atoms with van der Waals surface area (Å²) in [5.74, 6) is -0.113. The first-order chi connectivity index (χ1) is 14.5. The third-order valence-electron chi connectivity index (χ3n) is 5.41. The number of methoxy groups -OCH3 is 1. The fraction of sp³-hybridized carbons (Fsp3) is 0.435. The van der Waals surface area contributed by atoms with Crippen LogP contribution in [0.2, 0.25) is 0 Å². The maximum absolute atomic E-state index is 13.1. The molecule has 1 saturated carbocycles. The number of carbonyl (C=O) groups excluding carboxylic acids is 3. The lowest BCUT2D eigenvalue weighted by atomic mass is 9.93. The summed E-state index contributed by atoms with van der Waals surface area (Å²) in [7, 11) is 1.56. The van der Waals surface area contributed by atoms with E-state index in [1.807, 2.05) is 13.0 Å². The topological polar surface area (TPSA) is 84.9 Å². The molecule has 1 aromatic rings. The third-order valence-corrected chi connectivity index (χ3v) is 5.41. The zero-order valence-corrected chi connectivity index (χ0v) is 17.5. The standard InChI is InChI=1S/C23H28N2O5/c1-4-9-16-12-15(14-19(30-5-2)20(16)29-3)13-18-21(26)24-23(28)25(22(18)27)17-10-7-6-8-11-17/h4,12-14,17H,1,5-11H2,2-3H3,(H,24,26,28)/b18-13-. The van der Waals surface area contributed by atoms with Gasteiger partial charge in [-0.1, -0.05) is 25.3 Å². The number of urea groups is 1. The molecule has 1 aromatic carbocycles. The molecule has 0 unspecified atom stereocenters. The van der Waals surface area contributed by atoms with E-state index in [4.69, 9.17) is 9.47 Å². The molecular weight excluding hydrogens is 384 g/mol. The van der Waals surface area contributed by atoms with Crippen molar-refractivity contribution >= 4 is 23.9 Å². The van der Waals surface area contributed by atoms with Crippen LogP contribution in [-0.2, 0) is 16.0 Å². The Bertz CT molecular complexity index is 884. The molecule has 1 aliphatic carbocycles. The predicted molar refractivity (Wildman–Crippen MR) is 113 cm³/mol. The summed E-state index contributed by atoms with van der Waals surface area (Å²) in [5, 5.41) is 2.32. The average molecular weight is 412 g/mol. The van der Waals surface area contributed by atoms with Gasteiger partial charge in [-0.25, -0.2) is 4.79 Å². The molecule has 4 amide bonds. The highest BCUT2D eigenvalue weighted by molar-refractivity contribution is 6.31. The van der Waals surface area contributed by atoms with Crippen LogP contribution >= 0.6 is 0 Å². The minimum Gasteiger partial charge on any atom is -0.493 e. The van der Waals surface area contributed by atoms with Crippen LogP contribution in [0.25, 0.3) is 6.08 Å². The van der Waals surface area contributed by atoms with Crippen molar-refractivity contribution in [2.75, 3.05) is 13.7 Å². The second-order valence-corrected chi connectivity index (χ2v) is 7.42. The van der Waals surface area contributed by atoms with E-state index >= 15 is 0 Å². The number of imide groups is 2. The minimum absolute atomic E-state index is 0.0580. The molecule has 0 aromatic heterocycles. The summed E-state index contributed by atoms with van der Waals surface area (Å²) in [6.07, 6.45) is 8.35. The Hall–Kier alpha value is -3.09. The molecule has 7 heteroatoms. The van der Waals surface area contributed by atoms with Gasteiger partial charge in [-0.05, 0) is 50.0 Å². The third kappa shape index (κ3) is 4.40. The minimum atomic E-state index is -0.684. The number of nitrogens with one attached hydrogen (secondary N) is 1. The van der Waals surface area contributed by atoms with Crippen molar-refractivity contribution in [3.63, 3.8) is 0 Å². The molecule has 7 nitrogen and oxygen atoms in total. The van der Waals surface area contributed by atoms with Crippen LogP contribution in [0.15, 0.2) is 30.4 Å². The number of carbonyl (C=O) groups is 3. The maximum atomic E-state index is 13.1. The van der Waals surface area contributed by atoms with Gasteiger partial charge < -0.3 is 9.47 Å². The molecule has 160 valence electrons. The van der Waals surface area contributed by atoms with E-state index in [1.54, 1.807) is 19.3 Å². The van der Waals surface area contributed by atoms with Crippen molar-refractivity contribution in [3.8, 4) is 11.5 Å². The molecule has 1 saturated heterocycles. The fourth-order valence-electron chi connectivity index (χ4n) is 4.08. The van der Waals surface area contributed by atoms with Crippen LogP contribution < -0.4 is 14.8 Å². The van der Waals surface area contributed by atoms with Crippen molar-refractivity contribution in [2.24, 2.45) is 0 Å². The Balaban J connectivity index is 2.01. The number of barbiturate groups is 1. The Labute approximate surface area is 176 Å². The van der Waals surface area contributed by atoms with E-state index in [1.165, 1.54) is 11.0 Å². The number of allylic oxidation sites excluding steroid dienone is 1. The Morgan fingerprint density at radius 1 is 1.20 bits per heavy atom. The largest absolute Gasteiger partial charge is 0.493 e. The molecule has 0 radical (unpaired) electrons. The molecule has 1 aliphatic heterocycles. The number of rotatable bonds is 7. The molecule has 2 fully saturated rings. The normalized spacial score (nSPS) is 19.1. The van der Waals surface area contributed by atoms with Gasteiger partial charge in [-0.3, -0.25) is 19.8 Å². The Morgan fingerprint density at radius 3 is 2.57 bits per heavy atom. The van der Waals surface area contributed by atoms with E-state index in [0.29, 0.717) is 30.1 Å². The van der Waals surface area contributed by atoms with Gasteiger partial charge in [0.1, 0.15) is 5.57 Å². The maximum Gasteiger partial charge on any atom is 0.331 e. The number of hydrogen-bond acceptors (Lipinski definition) is 5. The second-order valence-electron chi connectivity index (χ2n) is 7.42. The van der Waals surface area contributed by atoms with Crippen molar-refractivity contribution in [1.29, 1.82) is 0 Å². The van der Waals surface area contributed by atoms with E-state index in [-0.39, 0.29) is 11.6 Å². The van der Waals surface area contributed by atoms with Gasteiger partial charge in [0.15, 0.2) is 11.5 Å². The average Bonchev–Trinajstić information content (AvgIpc) is 2.72. The van der Waals surface area contributed by atoms with Gasteiger partial charge >= 0.3 is 6.03 Å². The smallest absolute Gasteiger partial charge is 0.331 e. The molecule has 3 rings (SSSR count). The first-order valence-electron chi connectivity index (χ1n) is 10.3. The summed E-state index contributed by atoms with van der Waals surface area (Å²) in [4.78, 5) is 39.2. The van der Waals surface area contributed by atoms with Gasteiger partial charge in [0.25, 0.3) is 11.8 Å². The molecule has 30 heavy (non-hydrogen) atoms. The highest BCUT2D eigenvalue weighted by Crippen LogP contribution is 2.35. The van der Waals surface area contributed by atoms with Crippen LogP contribution in [0.1, 0.15) is 50.2 Å². The zero-order valence-electron chi connectivity index (χ0n) is 17.5. The number of hydrogen-bond donors (Lipinski definition) is 1. The van der Waals surface area contributed by atoms with Crippen molar-refractivity contribution in [2.45, 2.75) is 51.5 Å². The van der Waals surface area contributed by atoms with Crippen LogP contribution in [0.5, 0.6) is 11.5 Å².